The van der Waals surface area contributed by atoms with Gasteiger partial charge in [-0.25, -0.2) is 0 Å². The average molecular weight is 366 g/mol. The van der Waals surface area contributed by atoms with Crippen LogP contribution in [0.25, 0.3) is 0 Å². The van der Waals surface area contributed by atoms with Crippen molar-refractivity contribution < 1.29 is 29.7 Å². The van der Waals surface area contributed by atoms with Crippen molar-refractivity contribution in [2.45, 2.75) is 70.3 Å². The monoisotopic (exact) mass is 366 g/mol. The van der Waals surface area contributed by atoms with Crippen LogP contribution in [-0.4, -0.2) is 39.1 Å². The van der Waals surface area contributed by atoms with Crippen molar-refractivity contribution in [1.82, 2.24) is 0 Å². The Morgan fingerprint density at radius 1 is 0.769 bits per heavy atom. The average Bonchev–Trinajstić information content (AvgIpc) is 2.56. The molecule has 6 heteroatoms. The van der Waals surface area contributed by atoms with Gasteiger partial charge in [0.25, 0.3) is 0 Å². The molecular formula is C20H30O6. The van der Waals surface area contributed by atoms with Gasteiger partial charge in [-0.1, -0.05) is 36.5 Å². The Hall–Kier alpha value is -2.21. The van der Waals surface area contributed by atoms with E-state index in [1.54, 1.807) is 18.2 Å². The molecule has 1 atom stereocenters. The third kappa shape index (κ3) is 18.1. The molecule has 0 aromatic rings. The number of allylic oxidation sites excluding steroid dienone is 5. The van der Waals surface area contributed by atoms with Crippen molar-refractivity contribution in [3.05, 3.63) is 36.5 Å². The molecule has 26 heavy (non-hydrogen) atoms. The second kappa shape index (κ2) is 16.3. The van der Waals surface area contributed by atoms with Crippen LogP contribution in [0.2, 0.25) is 0 Å². The zero-order valence-electron chi connectivity index (χ0n) is 15.2. The number of aliphatic carboxylic acids is 2. The van der Waals surface area contributed by atoms with Crippen LogP contribution in [0.15, 0.2) is 36.5 Å². The highest BCUT2D eigenvalue weighted by atomic mass is 16.4. The van der Waals surface area contributed by atoms with Gasteiger partial charge in [0.05, 0.1) is 6.10 Å². The summed E-state index contributed by atoms with van der Waals surface area (Å²) >= 11 is 0. The first kappa shape index (κ1) is 23.8. The van der Waals surface area contributed by atoms with E-state index in [0.717, 1.165) is 12.8 Å². The molecule has 6 nitrogen and oxygen atoms in total. The lowest BCUT2D eigenvalue weighted by Crippen LogP contribution is -2.03. The Bertz CT molecular complexity index is 504. The Kier molecular flexibility index (Phi) is 14.9. The van der Waals surface area contributed by atoms with E-state index in [-0.39, 0.29) is 18.6 Å². The largest absolute Gasteiger partial charge is 0.481 e. The van der Waals surface area contributed by atoms with Gasteiger partial charge in [0.2, 0.25) is 0 Å². The maximum Gasteiger partial charge on any atom is 0.303 e. The smallest absolute Gasteiger partial charge is 0.303 e. The number of aliphatic hydroxyl groups excluding tert-OH is 1. The van der Waals surface area contributed by atoms with Crippen LogP contribution < -0.4 is 0 Å². The summed E-state index contributed by atoms with van der Waals surface area (Å²) in [7, 11) is 0. The normalized spacial score (nSPS) is 13.0. The standard InChI is InChI=1S/C20H30O6/c21-17(11-6-2-1-3-9-15-19(23)24)12-7-4-5-8-13-18(22)14-10-16-20(25)26/h2,4-6,8,13,18,22H,1,3,7,9-12,14-16H2,(H,23,24)(H,25,26)/b5-4+,6-2-,13-8-/t18-/m0/s1. The summed E-state index contributed by atoms with van der Waals surface area (Å²) in [5, 5.41) is 26.6. The molecule has 0 aliphatic carbocycles. The lowest BCUT2D eigenvalue weighted by atomic mass is 10.1. The highest BCUT2D eigenvalue weighted by Gasteiger charge is 2.01. The molecule has 0 saturated heterocycles. The molecule has 0 unspecified atom stereocenters. The van der Waals surface area contributed by atoms with Gasteiger partial charge < -0.3 is 15.3 Å². The number of rotatable bonds is 16. The zero-order chi connectivity index (χ0) is 19.6. The van der Waals surface area contributed by atoms with Crippen molar-refractivity contribution in [2.75, 3.05) is 0 Å². The number of carbonyl (C=O) groups is 3. The fourth-order valence-electron chi connectivity index (χ4n) is 2.14. The van der Waals surface area contributed by atoms with Crippen molar-refractivity contribution in [1.29, 1.82) is 0 Å². The van der Waals surface area contributed by atoms with E-state index in [0.29, 0.717) is 38.5 Å². The van der Waals surface area contributed by atoms with Crippen molar-refractivity contribution in [2.24, 2.45) is 0 Å². The van der Waals surface area contributed by atoms with Crippen LogP contribution in [0.1, 0.15) is 64.2 Å². The molecule has 146 valence electrons. The van der Waals surface area contributed by atoms with E-state index in [4.69, 9.17) is 10.2 Å². The van der Waals surface area contributed by atoms with Crippen molar-refractivity contribution in [3.8, 4) is 0 Å². The van der Waals surface area contributed by atoms with Gasteiger partial charge in [-0.3, -0.25) is 14.4 Å². The van der Waals surface area contributed by atoms with Gasteiger partial charge in [0, 0.05) is 25.7 Å². The molecule has 0 aromatic carbocycles. The number of hydrogen-bond donors (Lipinski definition) is 3. The zero-order valence-corrected chi connectivity index (χ0v) is 15.2. The number of unbranched alkanes of at least 4 members (excludes halogenated alkanes) is 2. The molecule has 0 fully saturated rings. The third-order valence-electron chi connectivity index (χ3n) is 3.58. The minimum atomic E-state index is -0.862. The van der Waals surface area contributed by atoms with Crippen LogP contribution >= 0.6 is 0 Å². The number of ketones is 1. The predicted molar refractivity (Wildman–Crippen MR) is 99.9 cm³/mol. The van der Waals surface area contributed by atoms with Gasteiger partial charge in [0.1, 0.15) is 5.78 Å². The lowest BCUT2D eigenvalue weighted by molar-refractivity contribution is -0.138. The van der Waals surface area contributed by atoms with Crippen LogP contribution in [0.4, 0.5) is 0 Å². The highest BCUT2D eigenvalue weighted by molar-refractivity contribution is 5.79. The van der Waals surface area contributed by atoms with E-state index in [1.165, 1.54) is 0 Å². The molecule has 0 radical (unpaired) electrons. The fourth-order valence-corrected chi connectivity index (χ4v) is 2.14. The second-order valence-corrected chi connectivity index (χ2v) is 6.06. The first-order chi connectivity index (χ1) is 12.4. The van der Waals surface area contributed by atoms with Gasteiger partial charge in [-0.2, -0.15) is 0 Å². The molecule has 0 heterocycles. The van der Waals surface area contributed by atoms with E-state index in [1.807, 2.05) is 18.2 Å². The van der Waals surface area contributed by atoms with Crippen LogP contribution in [0.5, 0.6) is 0 Å². The summed E-state index contributed by atoms with van der Waals surface area (Å²) in [6.07, 6.45) is 14.9. The van der Waals surface area contributed by atoms with Crippen LogP contribution in [0, 0.1) is 0 Å². The van der Waals surface area contributed by atoms with Crippen molar-refractivity contribution >= 4 is 17.7 Å². The minimum Gasteiger partial charge on any atom is -0.481 e. The van der Waals surface area contributed by atoms with Gasteiger partial charge in [-0.15, -0.1) is 0 Å². The molecule has 0 aromatic heterocycles. The van der Waals surface area contributed by atoms with Gasteiger partial charge in [-0.05, 0) is 38.5 Å². The summed E-state index contributed by atoms with van der Waals surface area (Å²) in [4.78, 5) is 32.4. The SMILES string of the molecule is O=C(O)CCCC/C=C\CC(=O)CC/C=C/C=C\[C@H](O)CCCC(=O)O. The number of Topliss-reactive ketones (excluding diaryl/α,β-unsaturated/α-hetero) is 1. The third-order valence-corrected chi connectivity index (χ3v) is 3.58. The molecule has 0 aliphatic rings. The summed E-state index contributed by atoms with van der Waals surface area (Å²) in [6.45, 7) is 0. The Balaban J connectivity index is 3.67. The second-order valence-electron chi connectivity index (χ2n) is 6.06. The molecule has 3 N–H and O–H groups in total. The predicted octanol–water partition coefficient (Wildman–Crippen LogP) is 3.66. The first-order valence-electron chi connectivity index (χ1n) is 9.03. The highest BCUT2D eigenvalue weighted by Crippen LogP contribution is 2.04. The van der Waals surface area contributed by atoms with Gasteiger partial charge >= 0.3 is 11.9 Å². The number of aliphatic hydroxyl groups is 1. The summed E-state index contributed by atoms with van der Waals surface area (Å²) in [6, 6.07) is 0. The summed E-state index contributed by atoms with van der Waals surface area (Å²) < 4.78 is 0. The van der Waals surface area contributed by atoms with Crippen LogP contribution in [0.3, 0.4) is 0 Å². The summed E-state index contributed by atoms with van der Waals surface area (Å²) in [5.41, 5.74) is 0. The first-order valence-corrected chi connectivity index (χ1v) is 9.03. The lowest BCUT2D eigenvalue weighted by Gasteiger charge is -2.02. The molecule has 0 aliphatic heterocycles. The minimum absolute atomic E-state index is 0.0552. The molecule has 0 bridgehead atoms. The Morgan fingerprint density at radius 3 is 2.15 bits per heavy atom. The molecule has 0 rings (SSSR count). The van der Waals surface area contributed by atoms with E-state index in [2.05, 4.69) is 0 Å². The topological polar surface area (TPSA) is 112 Å². The van der Waals surface area contributed by atoms with E-state index < -0.39 is 18.0 Å². The van der Waals surface area contributed by atoms with E-state index in [9.17, 15) is 19.5 Å². The summed E-state index contributed by atoms with van der Waals surface area (Å²) in [5.74, 6) is -1.49. The van der Waals surface area contributed by atoms with Crippen LogP contribution in [-0.2, 0) is 14.4 Å². The number of carboxylic acids is 2. The number of hydrogen-bond acceptors (Lipinski definition) is 4. The Labute approximate surface area is 154 Å². The Morgan fingerprint density at radius 2 is 1.46 bits per heavy atom. The number of carbonyl (C=O) groups excluding carboxylic acids is 1. The molecule has 0 amide bonds. The van der Waals surface area contributed by atoms with Crippen molar-refractivity contribution in [3.63, 3.8) is 0 Å². The maximum absolute atomic E-state index is 11.7. The molecular weight excluding hydrogens is 336 g/mol. The number of carboxylic acid groups (broad SMARTS) is 2. The maximum atomic E-state index is 11.7. The van der Waals surface area contributed by atoms with E-state index >= 15 is 0 Å². The quantitative estimate of drug-likeness (QED) is 0.218. The molecule has 0 spiro atoms. The molecule has 0 saturated carbocycles. The fraction of sp³-hybridized carbons (Fsp3) is 0.550. The van der Waals surface area contributed by atoms with Gasteiger partial charge in [0.15, 0.2) is 0 Å².